The second kappa shape index (κ2) is 43.6. The van der Waals surface area contributed by atoms with E-state index in [1.54, 1.807) is 0 Å². The van der Waals surface area contributed by atoms with Gasteiger partial charge in [0.1, 0.15) is 19.8 Å². The first kappa shape index (κ1) is 55.0. The number of carbonyl (C=O) groups is 3. The summed E-state index contributed by atoms with van der Waals surface area (Å²) in [7, 11) is 3.90. The number of ether oxygens (including phenoxy) is 6. The van der Waals surface area contributed by atoms with E-state index in [9.17, 15) is 14.4 Å². The van der Waals surface area contributed by atoms with Crippen molar-refractivity contribution in [2.75, 3.05) is 60.3 Å². The molecule has 0 fully saturated rings. The summed E-state index contributed by atoms with van der Waals surface area (Å²) in [6.45, 7) is 8.41. The zero-order valence-corrected chi connectivity index (χ0v) is 37.6. The number of allylic oxidation sites excluding steroid dienone is 8. The summed E-state index contributed by atoms with van der Waals surface area (Å²) in [6, 6.07) is 0. The van der Waals surface area contributed by atoms with Crippen LogP contribution in [0.5, 0.6) is 0 Å². The molecule has 58 heavy (non-hydrogen) atoms. The van der Waals surface area contributed by atoms with E-state index in [0.29, 0.717) is 32.5 Å². The van der Waals surface area contributed by atoms with Crippen LogP contribution >= 0.6 is 0 Å². The molecule has 0 aromatic heterocycles. The molecule has 336 valence electrons. The fourth-order valence-corrected chi connectivity index (χ4v) is 5.73. The number of carbonyl (C=O) groups excluding carboxylic acids is 3. The van der Waals surface area contributed by atoms with Gasteiger partial charge in [-0.1, -0.05) is 101 Å². The van der Waals surface area contributed by atoms with E-state index in [0.717, 1.165) is 103 Å². The van der Waals surface area contributed by atoms with Gasteiger partial charge in [-0.15, -0.1) is 0 Å². The lowest BCUT2D eigenvalue weighted by atomic mass is 10.1. The first-order chi connectivity index (χ1) is 28.3. The number of hydrogen-bond acceptors (Lipinski definition) is 10. The topological polar surface area (TPSA) is 110 Å². The highest BCUT2D eigenvalue weighted by molar-refractivity contribution is 5.69. The second-order valence-electron chi connectivity index (χ2n) is 15.2. The summed E-state index contributed by atoms with van der Waals surface area (Å²) in [6.07, 6.45) is 38.2. The lowest BCUT2D eigenvalue weighted by molar-refractivity contribution is -0.161. The van der Waals surface area contributed by atoms with Crippen molar-refractivity contribution in [3.8, 4) is 0 Å². The molecule has 0 aliphatic carbocycles. The van der Waals surface area contributed by atoms with Crippen molar-refractivity contribution in [3.05, 3.63) is 48.6 Å². The van der Waals surface area contributed by atoms with E-state index in [4.69, 9.17) is 28.4 Å². The lowest BCUT2D eigenvalue weighted by Crippen LogP contribution is -2.27. The van der Waals surface area contributed by atoms with Crippen molar-refractivity contribution in [1.82, 2.24) is 4.90 Å². The van der Waals surface area contributed by atoms with Crippen molar-refractivity contribution in [2.24, 2.45) is 5.92 Å². The van der Waals surface area contributed by atoms with Crippen LogP contribution < -0.4 is 0 Å². The van der Waals surface area contributed by atoms with Crippen molar-refractivity contribution < 1.29 is 42.8 Å². The molecule has 0 spiro atoms. The summed E-state index contributed by atoms with van der Waals surface area (Å²) in [5.41, 5.74) is 0. The molecule has 10 heteroatoms. The van der Waals surface area contributed by atoms with Crippen molar-refractivity contribution in [1.29, 1.82) is 0 Å². The maximum atomic E-state index is 12.9. The van der Waals surface area contributed by atoms with Crippen LogP contribution in [0, 0.1) is 5.92 Å². The Balaban J connectivity index is 4.79. The number of hydrogen-bond donors (Lipinski definition) is 0. The van der Waals surface area contributed by atoms with Gasteiger partial charge < -0.3 is 33.3 Å². The fraction of sp³-hybridized carbons (Fsp3) is 0.771. The Morgan fingerprint density at radius 3 is 1.57 bits per heavy atom. The largest absolute Gasteiger partial charge is 0.508 e. The minimum Gasteiger partial charge on any atom is -0.465 e. The molecule has 0 amide bonds. The molecule has 0 saturated carbocycles. The minimum atomic E-state index is -0.800. The van der Waals surface area contributed by atoms with Gasteiger partial charge in [-0.05, 0) is 110 Å². The Morgan fingerprint density at radius 1 is 0.500 bits per heavy atom. The van der Waals surface area contributed by atoms with Gasteiger partial charge in [0, 0.05) is 32.6 Å². The quantitative estimate of drug-likeness (QED) is 0.0194. The Bertz CT molecular complexity index is 1050. The van der Waals surface area contributed by atoms with Crippen molar-refractivity contribution >= 4 is 18.1 Å². The molecule has 0 aromatic rings. The summed E-state index contributed by atoms with van der Waals surface area (Å²) in [4.78, 5) is 39.7. The van der Waals surface area contributed by atoms with Gasteiger partial charge in [-0.3, -0.25) is 9.59 Å². The molecule has 0 bridgehead atoms. The normalized spacial score (nSPS) is 12.5. The highest BCUT2D eigenvalue weighted by Gasteiger charge is 2.20. The molecule has 0 radical (unpaired) electrons. The third kappa shape index (κ3) is 41.2. The van der Waals surface area contributed by atoms with Crippen LogP contribution in [0.25, 0.3) is 0 Å². The van der Waals surface area contributed by atoms with Crippen LogP contribution in [0.4, 0.5) is 4.79 Å². The molecular formula is C48H85NO9. The monoisotopic (exact) mass is 820 g/mol. The Morgan fingerprint density at radius 2 is 1.00 bits per heavy atom. The predicted octanol–water partition coefficient (Wildman–Crippen LogP) is 12.0. The molecule has 10 nitrogen and oxygen atoms in total. The van der Waals surface area contributed by atoms with Crippen LogP contribution in [-0.4, -0.2) is 89.6 Å². The van der Waals surface area contributed by atoms with E-state index in [1.807, 2.05) is 19.0 Å². The molecule has 0 rings (SSSR count). The molecule has 0 aliphatic heterocycles. The van der Waals surface area contributed by atoms with Gasteiger partial charge in [0.25, 0.3) is 0 Å². The maximum Gasteiger partial charge on any atom is 0.508 e. The third-order valence-corrected chi connectivity index (χ3v) is 9.22. The standard InChI is InChI=1S/C48H85NO9/c1-6-9-12-15-18-19-20-21-22-23-24-25-26-27-30-34-45(50)56-41-44(43-58-48(52)55-40-33-37-49(4)5)42-57-46(51)35-36-47(53-38-31-28-16-13-10-7-2)54-39-32-29-17-14-11-8-3/h10-11,13-14,18-19,21-22,44,47H,6-9,12,15-17,20,23-43H2,1-5H3/b13-10-,14-11-,19-18-,22-21-. The maximum absolute atomic E-state index is 12.9. The van der Waals surface area contributed by atoms with E-state index < -0.39 is 24.3 Å². The Labute approximate surface area is 354 Å². The molecule has 0 aromatic carbocycles. The molecule has 0 N–H and O–H groups in total. The van der Waals surface area contributed by atoms with Crippen LogP contribution in [0.2, 0.25) is 0 Å². The van der Waals surface area contributed by atoms with Gasteiger partial charge in [-0.25, -0.2) is 4.79 Å². The number of rotatable bonds is 41. The predicted molar refractivity (Wildman–Crippen MR) is 237 cm³/mol. The highest BCUT2D eigenvalue weighted by Crippen LogP contribution is 2.13. The summed E-state index contributed by atoms with van der Waals surface area (Å²) in [5, 5.41) is 0. The molecular weight excluding hydrogens is 735 g/mol. The minimum absolute atomic E-state index is 0.0317. The molecule has 1 atom stereocenters. The van der Waals surface area contributed by atoms with Gasteiger partial charge in [-0.2, -0.15) is 0 Å². The summed E-state index contributed by atoms with van der Waals surface area (Å²) < 4.78 is 33.7. The number of esters is 2. The zero-order chi connectivity index (χ0) is 42.6. The van der Waals surface area contributed by atoms with E-state index in [2.05, 4.69) is 69.4 Å². The van der Waals surface area contributed by atoms with E-state index in [-0.39, 0.29) is 38.8 Å². The summed E-state index contributed by atoms with van der Waals surface area (Å²) in [5.74, 6) is -1.26. The average molecular weight is 820 g/mol. The fourth-order valence-electron chi connectivity index (χ4n) is 5.73. The van der Waals surface area contributed by atoms with Crippen molar-refractivity contribution in [2.45, 2.75) is 175 Å². The van der Waals surface area contributed by atoms with Crippen LogP contribution in [0.15, 0.2) is 48.6 Å². The zero-order valence-electron chi connectivity index (χ0n) is 37.6. The lowest BCUT2D eigenvalue weighted by Gasteiger charge is -2.20. The Kier molecular flexibility index (Phi) is 41.4. The Hall–Kier alpha value is -2.95. The molecule has 0 saturated heterocycles. The second-order valence-corrected chi connectivity index (χ2v) is 15.2. The van der Waals surface area contributed by atoms with Crippen LogP contribution in [-0.2, 0) is 38.0 Å². The smallest absolute Gasteiger partial charge is 0.465 e. The first-order valence-corrected chi connectivity index (χ1v) is 22.9. The van der Waals surface area contributed by atoms with Gasteiger partial charge in [0.05, 0.1) is 18.9 Å². The average Bonchev–Trinajstić information content (AvgIpc) is 3.21. The molecule has 0 aliphatic rings. The molecule has 0 heterocycles. The highest BCUT2D eigenvalue weighted by atomic mass is 16.7. The van der Waals surface area contributed by atoms with Gasteiger partial charge in [0.15, 0.2) is 6.29 Å². The summed E-state index contributed by atoms with van der Waals surface area (Å²) >= 11 is 0. The SMILES string of the molecule is CC/C=C\CCCCOC(CCC(=O)OCC(COC(=O)CCCCCCC/C=C\C/C=C\CCCCC)COC(=O)OCCCN(C)C)OCCCC/C=C\CC. The van der Waals surface area contributed by atoms with Crippen LogP contribution in [0.3, 0.4) is 0 Å². The van der Waals surface area contributed by atoms with Gasteiger partial charge >= 0.3 is 18.1 Å². The third-order valence-electron chi connectivity index (χ3n) is 9.22. The molecule has 1 unspecified atom stereocenters. The van der Waals surface area contributed by atoms with E-state index >= 15 is 0 Å². The number of nitrogens with zero attached hydrogens (tertiary/aromatic N) is 1. The van der Waals surface area contributed by atoms with Crippen molar-refractivity contribution in [3.63, 3.8) is 0 Å². The van der Waals surface area contributed by atoms with Crippen LogP contribution in [0.1, 0.15) is 168 Å². The first-order valence-electron chi connectivity index (χ1n) is 22.9. The van der Waals surface area contributed by atoms with E-state index in [1.165, 1.54) is 25.7 Å². The van der Waals surface area contributed by atoms with Gasteiger partial charge in [0.2, 0.25) is 0 Å². The number of unbranched alkanes of at least 4 members (excludes halogenated alkanes) is 12.